The predicted molar refractivity (Wildman–Crippen MR) is 87.4 cm³/mol. The summed E-state index contributed by atoms with van der Waals surface area (Å²) < 4.78 is 4.70. The molecule has 0 heterocycles. The molecule has 1 atom stereocenters. The number of methoxy groups -OCH3 is 1. The minimum absolute atomic E-state index is 0.0187. The Morgan fingerprint density at radius 2 is 2.09 bits per heavy atom. The second-order valence-electron chi connectivity index (χ2n) is 4.72. The van der Waals surface area contributed by atoms with Crippen LogP contribution in [-0.2, 0) is 9.53 Å². The van der Waals surface area contributed by atoms with Crippen molar-refractivity contribution in [3.63, 3.8) is 0 Å². The molecule has 0 aliphatic heterocycles. The highest BCUT2D eigenvalue weighted by atomic mass is 16.5. The van der Waals surface area contributed by atoms with Crippen molar-refractivity contribution < 1.29 is 14.3 Å². The molecule has 0 saturated heterocycles. The van der Waals surface area contributed by atoms with Gasteiger partial charge in [-0.2, -0.15) is 0 Å². The topological polar surface area (TPSA) is 158 Å². The van der Waals surface area contributed by atoms with Crippen LogP contribution < -0.4 is 28.1 Å². The molecule has 23 heavy (non-hydrogen) atoms. The summed E-state index contributed by atoms with van der Waals surface area (Å²) in [6.07, 6.45) is 0.867. The van der Waals surface area contributed by atoms with Crippen molar-refractivity contribution in [2.75, 3.05) is 19.1 Å². The van der Waals surface area contributed by atoms with E-state index >= 15 is 0 Å². The molecule has 0 unspecified atom stereocenters. The lowest BCUT2D eigenvalue weighted by Crippen LogP contribution is -2.41. The van der Waals surface area contributed by atoms with E-state index in [1.807, 2.05) is 0 Å². The van der Waals surface area contributed by atoms with Crippen LogP contribution in [0, 0.1) is 0 Å². The molecule has 8 N–H and O–H groups in total. The number of ether oxygens (including phenoxy) is 1. The Labute approximate surface area is 134 Å². The fourth-order valence-corrected chi connectivity index (χ4v) is 1.89. The number of nitrogen functional groups attached to an aromatic ring is 1. The molecule has 9 nitrogen and oxygen atoms in total. The van der Waals surface area contributed by atoms with E-state index < -0.39 is 17.9 Å². The number of amides is 1. The quantitative estimate of drug-likeness (QED) is 0.106. The van der Waals surface area contributed by atoms with Gasteiger partial charge in [0.05, 0.1) is 7.11 Å². The van der Waals surface area contributed by atoms with Crippen LogP contribution in [0.3, 0.4) is 0 Å². The summed E-state index contributed by atoms with van der Waals surface area (Å²) in [5.41, 5.74) is 13.9. The van der Waals surface area contributed by atoms with Crippen molar-refractivity contribution in [2.45, 2.75) is 18.9 Å². The summed E-state index contributed by atoms with van der Waals surface area (Å²) in [5, 5.41) is 2.63. The van der Waals surface area contributed by atoms with E-state index in [4.69, 9.17) is 22.0 Å². The fraction of sp³-hybridized carbons (Fsp3) is 0.357. The van der Waals surface area contributed by atoms with Gasteiger partial charge in [0.15, 0.2) is 5.96 Å². The number of benzene rings is 1. The van der Waals surface area contributed by atoms with E-state index in [1.165, 1.54) is 7.11 Å². The summed E-state index contributed by atoms with van der Waals surface area (Å²) in [4.78, 5) is 27.8. The van der Waals surface area contributed by atoms with Crippen LogP contribution in [-0.4, -0.2) is 37.5 Å². The first-order chi connectivity index (χ1) is 11.0. The zero-order chi connectivity index (χ0) is 17.2. The van der Waals surface area contributed by atoms with Crippen LogP contribution in [0.25, 0.3) is 0 Å². The third-order valence-corrected chi connectivity index (χ3v) is 3.03. The average molecular weight is 322 g/mol. The first-order valence-corrected chi connectivity index (χ1v) is 6.98. The molecule has 0 saturated carbocycles. The predicted octanol–water partition coefficient (Wildman–Crippen LogP) is -0.703. The minimum atomic E-state index is -0.781. The Bertz CT molecular complexity index is 571. The Hall–Kier alpha value is -2.81. The lowest BCUT2D eigenvalue weighted by Gasteiger charge is -2.16. The van der Waals surface area contributed by atoms with Crippen LogP contribution in [0.2, 0.25) is 0 Å². The van der Waals surface area contributed by atoms with Gasteiger partial charge in [0, 0.05) is 17.8 Å². The SMILES string of the molecule is COC(=O)[C@H](CCCN=C(N)N)NC(=O)c1cccc(NN)c1. The summed E-state index contributed by atoms with van der Waals surface area (Å²) in [5.74, 6) is 4.35. The highest BCUT2D eigenvalue weighted by Crippen LogP contribution is 2.10. The number of hydrazine groups is 1. The standard InChI is InChI=1S/C14H22N6O3/c1-23-13(22)11(6-3-7-18-14(15)16)19-12(21)9-4-2-5-10(8-9)20-17/h2,4-5,8,11,20H,3,6-7,17H2,1H3,(H,19,21)(H4,15,16,18)/t11-/m0/s1. The zero-order valence-corrected chi connectivity index (χ0v) is 12.9. The Kier molecular flexibility index (Phi) is 7.34. The van der Waals surface area contributed by atoms with E-state index in [9.17, 15) is 9.59 Å². The molecule has 1 aromatic carbocycles. The monoisotopic (exact) mass is 322 g/mol. The van der Waals surface area contributed by atoms with Crippen molar-refractivity contribution in [3.8, 4) is 0 Å². The highest BCUT2D eigenvalue weighted by Gasteiger charge is 2.21. The number of carbonyl (C=O) groups excluding carboxylic acids is 2. The van der Waals surface area contributed by atoms with Crippen LogP contribution in [0.1, 0.15) is 23.2 Å². The molecule has 126 valence electrons. The summed E-state index contributed by atoms with van der Waals surface area (Å²) in [7, 11) is 1.26. The largest absolute Gasteiger partial charge is 0.467 e. The molecule has 1 aromatic rings. The molecule has 0 fully saturated rings. The average Bonchev–Trinajstić information content (AvgIpc) is 2.56. The highest BCUT2D eigenvalue weighted by molar-refractivity contribution is 5.97. The molecule has 0 aliphatic rings. The lowest BCUT2D eigenvalue weighted by molar-refractivity contribution is -0.143. The molecule has 9 heteroatoms. The number of esters is 1. The maximum atomic E-state index is 12.2. The second-order valence-corrected chi connectivity index (χ2v) is 4.72. The summed E-state index contributed by atoms with van der Waals surface area (Å²) in [6, 6.07) is 5.79. The van der Waals surface area contributed by atoms with Crippen LogP contribution in [0.5, 0.6) is 0 Å². The van der Waals surface area contributed by atoms with Gasteiger partial charge < -0.3 is 26.9 Å². The minimum Gasteiger partial charge on any atom is -0.467 e. The Balaban J connectivity index is 2.70. The van der Waals surface area contributed by atoms with Crippen LogP contribution in [0.4, 0.5) is 5.69 Å². The summed E-state index contributed by atoms with van der Waals surface area (Å²) in [6.45, 7) is 0.359. The van der Waals surface area contributed by atoms with Gasteiger partial charge in [0.1, 0.15) is 6.04 Å². The number of carbonyl (C=O) groups is 2. The van der Waals surface area contributed by atoms with E-state index in [2.05, 4.69) is 15.7 Å². The smallest absolute Gasteiger partial charge is 0.328 e. The lowest BCUT2D eigenvalue weighted by atomic mass is 10.1. The second kappa shape index (κ2) is 9.26. The fourth-order valence-electron chi connectivity index (χ4n) is 1.89. The van der Waals surface area contributed by atoms with Gasteiger partial charge in [0.25, 0.3) is 5.91 Å². The van der Waals surface area contributed by atoms with Crippen molar-refractivity contribution in [2.24, 2.45) is 22.3 Å². The van der Waals surface area contributed by atoms with Gasteiger partial charge >= 0.3 is 5.97 Å². The summed E-state index contributed by atoms with van der Waals surface area (Å²) >= 11 is 0. The number of nitrogens with two attached hydrogens (primary N) is 3. The molecule has 0 aromatic heterocycles. The molecule has 0 aliphatic carbocycles. The first-order valence-electron chi connectivity index (χ1n) is 6.98. The van der Waals surface area contributed by atoms with E-state index in [0.717, 1.165) is 0 Å². The van der Waals surface area contributed by atoms with Crippen molar-refractivity contribution in [1.29, 1.82) is 0 Å². The van der Waals surface area contributed by atoms with Gasteiger partial charge in [0.2, 0.25) is 0 Å². The van der Waals surface area contributed by atoms with E-state index in [1.54, 1.807) is 24.3 Å². The maximum absolute atomic E-state index is 12.2. The van der Waals surface area contributed by atoms with Crippen LogP contribution >= 0.6 is 0 Å². The van der Waals surface area contributed by atoms with Gasteiger partial charge in [-0.05, 0) is 31.0 Å². The number of hydrogen-bond donors (Lipinski definition) is 5. The van der Waals surface area contributed by atoms with E-state index in [-0.39, 0.29) is 5.96 Å². The van der Waals surface area contributed by atoms with Crippen LogP contribution in [0.15, 0.2) is 29.3 Å². The number of nitrogens with zero attached hydrogens (tertiary/aromatic N) is 1. The number of nitrogens with one attached hydrogen (secondary N) is 2. The number of rotatable bonds is 8. The van der Waals surface area contributed by atoms with Gasteiger partial charge in [-0.1, -0.05) is 6.07 Å². The molecule has 0 bridgehead atoms. The van der Waals surface area contributed by atoms with Crippen molar-refractivity contribution >= 4 is 23.5 Å². The van der Waals surface area contributed by atoms with Crippen molar-refractivity contribution in [1.82, 2.24) is 5.32 Å². The maximum Gasteiger partial charge on any atom is 0.328 e. The number of hydrogen-bond acceptors (Lipinski definition) is 6. The third kappa shape index (κ3) is 6.22. The molecular weight excluding hydrogens is 300 g/mol. The molecule has 1 rings (SSSR count). The van der Waals surface area contributed by atoms with Gasteiger partial charge in [-0.15, -0.1) is 0 Å². The Morgan fingerprint density at radius 1 is 1.35 bits per heavy atom. The third-order valence-electron chi connectivity index (χ3n) is 3.03. The molecule has 0 radical (unpaired) electrons. The number of anilines is 1. The molecule has 1 amide bonds. The van der Waals surface area contributed by atoms with Gasteiger partial charge in [-0.25, -0.2) is 4.79 Å². The Morgan fingerprint density at radius 3 is 2.70 bits per heavy atom. The number of aliphatic imine (C=N–C) groups is 1. The first kappa shape index (κ1) is 18.2. The number of guanidine groups is 1. The molecule has 0 spiro atoms. The van der Waals surface area contributed by atoms with E-state index in [0.29, 0.717) is 30.6 Å². The molecular formula is C14H22N6O3. The zero-order valence-electron chi connectivity index (χ0n) is 12.9. The van der Waals surface area contributed by atoms with Crippen molar-refractivity contribution in [3.05, 3.63) is 29.8 Å². The van der Waals surface area contributed by atoms with Gasteiger partial charge in [-0.3, -0.25) is 15.6 Å². The normalized spacial score (nSPS) is 11.2.